The van der Waals surface area contributed by atoms with Gasteiger partial charge in [-0.15, -0.1) is 0 Å². The van der Waals surface area contributed by atoms with Crippen molar-refractivity contribution >= 4 is 15.7 Å². The lowest BCUT2D eigenvalue weighted by molar-refractivity contribution is 0.509. The standard InChI is InChI=1S/C15H15F2NO2S/c1-10(2)11-3-6-13(7-4-11)21(19,20)18-12-5-8-14(16)15(17)9-12/h3-10,18H,1-2H3. The van der Waals surface area contributed by atoms with Crippen molar-refractivity contribution in [3.63, 3.8) is 0 Å². The number of halogens is 2. The van der Waals surface area contributed by atoms with E-state index in [1.165, 1.54) is 18.2 Å². The van der Waals surface area contributed by atoms with E-state index in [1.807, 2.05) is 13.8 Å². The molecule has 2 rings (SSSR count). The van der Waals surface area contributed by atoms with Crippen molar-refractivity contribution in [3.8, 4) is 0 Å². The van der Waals surface area contributed by atoms with Gasteiger partial charge in [0.15, 0.2) is 11.6 Å². The van der Waals surface area contributed by atoms with Gasteiger partial charge in [0.1, 0.15) is 0 Å². The van der Waals surface area contributed by atoms with E-state index in [2.05, 4.69) is 4.72 Å². The van der Waals surface area contributed by atoms with Gasteiger partial charge in [0.05, 0.1) is 10.6 Å². The van der Waals surface area contributed by atoms with Crippen LogP contribution in [-0.2, 0) is 10.0 Å². The normalized spacial score (nSPS) is 11.7. The first-order chi connectivity index (χ1) is 9.79. The third-order valence-electron chi connectivity index (χ3n) is 3.03. The van der Waals surface area contributed by atoms with E-state index in [0.29, 0.717) is 5.92 Å². The van der Waals surface area contributed by atoms with Gasteiger partial charge in [0, 0.05) is 6.07 Å². The molecule has 0 fully saturated rings. The average molecular weight is 311 g/mol. The molecule has 1 N–H and O–H groups in total. The minimum atomic E-state index is -3.82. The van der Waals surface area contributed by atoms with Gasteiger partial charge in [-0.25, -0.2) is 17.2 Å². The van der Waals surface area contributed by atoms with Gasteiger partial charge in [-0.05, 0) is 35.7 Å². The van der Waals surface area contributed by atoms with E-state index in [0.717, 1.165) is 17.7 Å². The van der Waals surface area contributed by atoms with Gasteiger partial charge in [0.25, 0.3) is 10.0 Å². The van der Waals surface area contributed by atoms with Crippen LogP contribution in [-0.4, -0.2) is 8.42 Å². The molecule has 0 spiro atoms. The molecule has 0 aliphatic rings. The zero-order chi connectivity index (χ0) is 15.6. The zero-order valence-electron chi connectivity index (χ0n) is 11.6. The molecule has 0 atom stereocenters. The number of anilines is 1. The van der Waals surface area contributed by atoms with Gasteiger partial charge in [-0.2, -0.15) is 0 Å². The number of rotatable bonds is 4. The highest BCUT2D eigenvalue weighted by atomic mass is 32.2. The first-order valence-electron chi connectivity index (χ1n) is 6.37. The predicted octanol–water partition coefficient (Wildman–Crippen LogP) is 3.89. The van der Waals surface area contributed by atoms with Gasteiger partial charge in [-0.3, -0.25) is 4.72 Å². The van der Waals surface area contributed by atoms with E-state index in [4.69, 9.17) is 0 Å². The van der Waals surface area contributed by atoms with Crippen LogP contribution in [0.3, 0.4) is 0 Å². The minimum absolute atomic E-state index is 0.0261. The van der Waals surface area contributed by atoms with Crippen LogP contribution in [0, 0.1) is 11.6 Å². The summed E-state index contributed by atoms with van der Waals surface area (Å²) in [5, 5.41) is 0. The number of nitrogens with one attached hydrogen (secondary N) is 1. The number of sulfonamides is 1. The summed E-state index contributed by atoms with van der Waals surface area (Å²) in [6, 6.07) is 9.26. The lowest BCUT2D eigenvalue weighted by atomic mass is 10.0. The maximum absolute atomic E-state index is 13.1. The second-order valence-corrected chi connectivity index (χ2v) is 6.64. The fourth-order valence-electron chi connectivity index (χ4n) is 1.81. The molecule has 0 aliphatic heterocycles. The molecule has 21 heavy (non-hydrogen) atoms. The fraction of sp³-hybridized carbons (Fsp3) is 0.200. The van der Waals surface area contributed by atoms with E-state index in [1.54, 1.807) is 12.1 Å². The summed E-state index contributed by atoms with van der Waals surface area (Å²) < 4.78 is 52.4. The number of hydrogen-bond donors (Lipinski definition) is 1. The molecule has 2 aromatic carbocycles. The van der Waals surface area contributed by atoms with E-state index >= 15 is 0 Å². The second-order valence-electron chi connectivity index (χ2n) is 4.96. The van der Waals surface area contributed by atoms with E-state index in [-0.39, 0.29) is 10.6 Å². The smallest absolute Gasteiger partial charge is 0.261 e. The Balaban J connectivity index is 2.27. The molecule has 0 saturated carbocycles. The number of benzene rings is 2. The molecule has 2 aromatic rings. The first kappa shape index (κ1) is 15.4. The zero-order valence-corrected chi connectivity index (χ0v) is 12.4. The summed E-state index contributed by atoms with van der Waals surface area (Å²) in [6.07, 6.45) is 0. The molecule has 112 valence electrons. The van der Waals surface area contributed by atoms with Crippen LogP contribution >= 0.6 is 0 Å². The summed E-state index contributed by atoms with van der Waals surface area (Å²) in [5.74, 6) is -1.84. The van der Waals surface area contributed by atoms with Crippen LogP contribution in [0.4, 0.5) is 14.5 Å². The third kappa shape index (κ3) is 3.58. The molecule has 0 amide bonds. The molecule has 0 aromatic heterocycles. The molecular formula is C15H15F2NO2S. The highest BCUT2D eigenvalue weighted by Gasteiger charge is 2.15. The van der Waals surface area contributed by atoms with Crippen LogP contribution in [0.5, 0.6) is 0 Å². The van der Waals surface area contributed by atoms with Crippen molar-refractivity contribution in [3.05, 3.63) is 59.7 Å². The van der Waals surface area contributed by atoms with Crippen LogP contribution < -0.4 is 4.72 Å². The van der Waals surface area contributed by atoms with Crippen molar-refractivity contribution in [1.82, 2.24) is 0 Å². The second kappa shape index (κ2) is 5.81. The summed E-state index contributed by atoms with van der Waals surface area (Å²) in [4.78, 5) is 0.0663. The van der Waals surface area contributed by atoms with Gasteiger partial charge < -0.3 is 0 Å². The highest BCUT2D eigenvalue weighted by molar-refractivity contribution is 7.92. The largest absolute Gasteiger partial charge is 0.280 e. The molecule has 0 aliphatic carbocycles. The molecule has 3 nitrogen and oxygen atoms in total. The Hall–Kier alpha value is -1.95. The van der Waals surface area contributed by atoms with Crippen molar-refractivity contribution in [2.45, 2.75) is 24.7 Å². The van der Waals surface area contributed by atoms with Crippen molar-refractivity contribution in [1.29, 1.82) is 0 Å². The quantitative estimate of drug-likeness (QED) is 0.931. The SMILES string of the molecule is CC(C)c1ccc(S(=O)(=O)Nc2ccc(F)c(F)c2)cc1. The van der Waals surface area contributed by atoms with Crippen LogP contribution in [0.25, 0.3) is 0 Å². The highest BCUT2D eigenvalue weighted by Crippen LogP contribution is 2.21. The Morgan fingerprint density at radius 3 is 2.10 bits per heavy atom. The van der Waals surface area contributed by atoms with Crippen molar-refractivity contribution < 1.29 is 17.2 Å². The number of hydrogen-bond acceptors (Lipinski definition) is 2. The van der Waals surface area contributed by atoms with Gasteiger partial charge in [-0.1, -0.05) is 26.0 Å². The summed E-state index contributed by atoms with van der Waals surface area (Å²) in [5.41, 5.74) is 0.989. The van der Waals surface area contributed by atoms with Crippen LogP contribution in [0.1, 0.15) is 25.3 Å². The van der Waals surface area contributed by atoms with E-state index < -0.39 is 21.7 Å². The van der Waals surface area contributed by atoms with E-state index in [9.17, 15) is 17.2 Å². The monoisotopic (exact) mass is 311 g/mol. The lowest BCUT2D eigenvalue weighted by Gasteiger charge is -2.10. The maximum Gasteiger partial charge on any atom is 0.261 e. The third-order valence-corrected chi connectivity index (χ3v) is 4.43. The Morgan fingerprint density at radius 1 is 0.952 bits per heavy atom. The summed E-state index contributed by atoms with van der Waals surface area (Å²) in [7, 11) is -3.82. The maximum atomic E-state index is 13.1. The Morgan fingerprint density at radius 2 is 1.57 bits per heavy atom. The molecule has 6 heteroatoms. The van der Waals surface area contributed by atoms with Crippen LogP contribution in [0.2, 0.25) is 0 Å². The average Bonchev–Trinajstić information content (AvgIpc) is 2.43. The Bertz CT molecular complexity index is 741. The Labute approximate surface area is 122 Å². The van der Waals surface area contributed by atoms with Crippen LogP contribution in [0.15, 0.2) is 47.4 Å². The fourth-order valence-corrected chi connectivity index (χ4v) is 2.86. The minimum Gasteiger partial charge on any atom is -0.280 e. The van der Waals surface area contributed by atoms with Gasteiger partial charge in [0.2, 0.25) is 0 Å². The van der Waals surface area contributed by atoms with Crippen molar-refractivity contribution in [2.75, 3.05) is 4.72 Å². The summed E-state index contributed by atoms with van der Waals surface area (Å²) >= 11 is 0. The van der Waals surface area contributed by atoms with Crippen molar-refractivity contribution in [2.24, 2.45) is 0 Å². The molecule has 0 saturated heterocycles. The predicted molar refractivity (Wildman–Crippen MR) is 77.7 cm³/mol. The molecule has 0 heterocycles. The topological polar surface area (TPSA) is 46.2 Å². The lowest BCUT2D eigenvalue weighted by Crippen LogP contribution is -2.13. The Kier molecular flexibility index (Phi) is 4.27. The molecule has 0 bridgehead atoms. The first-order valence-corrected chi connectivity index (χ1v) is 7.86. The summed E-state index contributed by atoms with van der Waals surface area (Å²) in [6.45, 7) is 4.01. The molecular weight excluding hydrogens is 296 g/mol. The van der Waals surface area contributed by atoms with Gasteiger partial charge >= 0.3 is 0 Å². The molecule has 0 unspecified atom stereocenters. The molecule has 0 radical (unpaired) electrons.